The molecule has 2 rings (SSSR count). The summed E-state index contributed by atoms with van der Waals surface area (Å²) in [7, 11) is 0. The summed E-state index contributed by atoms with van der Waals surface area (Å²) in [5.41, 5.74) is 1.18. The van der Waals surface area contributed by atoms with Crippen LogP contribution in [-0.2, 0) is 0 Å². The van der Waals surface area contributed by atoms with E-state index in [1.165, 1.54) is 0 Å². The average Bonchev–Trinajstić information content (AvgIpc) is 2.37. The number of nitro benzene ring substituents is 1. The van der Waals surface area contributed by atoms with Gasteiger partial charge in [0, 0.05) is 17.7 Å². The maximum Gasteiger partial charge on any atom is 0.272 e. The van der Waals surface area contributed by atoms with Gasteiger partial charge in [-0.15, -0.1) is 0 Å². The molecule has 0 saturated heterocycles. The van der Waals surface area contributed by atoms with Gasteiger partial charge in [0.05, 0.1) is 20.5 Å². The largest absolute Gasteiger partial charge is 0.288 e. The van der Waals surface area contributed by atoms with Crippen LogP contribution in [0.3, 0.4) is 0 Å². The van der Waals surface area contributed by atoms with E-state index in [-0.39, 0.29) is 27.1 Å². The zero-order chi connectivity index (χ0) is 14.9. The number of benzene rings is 2. The molecule has 0 amide bonds. The SMILES string of the molecule is Cc1cccc(C(=O)c2c(Cl)cc([N+](=O)[O-])cc2Cl)c1. The van der Waals surface area contributed by atoms with Gasteiger partial charge in [-0.25, -0.2) is 0 Å². The first-order valence-electron chi connectivity index (χ1n) is 5.65. The third kappa shape index (κ3) is 2.81. The molecule has 6 heteroatoms. The third-order valence-corrected chi connectivity index (χ3v) is 3.34. The van der Waals surface area contributed by atoms with E-state index in [9.17, 15) is 14.9 Å². The monoisotopic (exact) mass is 309 g/mol. The molecule has 0 heterocycles. The lowest BCUT2D eigenvalue weighted by atomic mass is 10.0. The molecule has 102 valence electrons. The first-order valence-corrected chi connectivity index (χ1v) is 6.40. The van der Waals surface area contributed by atoms with Crippen molar-refractivity contribution in [1.29, 1.82) is 0 Å². The van der Waals surface area contributed by atoms with Crippen LogP contribution in [0, 0.1) is 17.0 Å². The molecule has 0 spiro atoms. The average molecular weight is 310 g/mol. The number of nitrogens with zero attached hydrogens (tertiary/aromatic N) is 1. The molecule has 0 N–H and O–H groups in total. The van der Waals surface area contributed by atoms with Gasteiger partial charge in [-0.05, 0) is 13.0 Å². The molecule has 0 aliphatic carbocycles. The molecular formula is C14H9Cl2NO3. The van der Waals surface area contributed by atoms with Crippen LogP contribution in [0.25, 0.3) is 0 Å². The van der Waals surface area contributed by atoms with Gasteiger partial charge < -0.3 is 0 Å². The van der Waals surface area contributed by atoms with E-state index < -0.39 is 4.92 Å². The number of carbonyl (C=O) groups is 1. The van der Waals surface area contributed by atoms with Crippen LogP contribution in [0.15, 0.2) is 36.4 Å². The fourth-order valence-corrected chi connectivity index (χ4v) is 2.46. The highest BCUT2D eigenvalue weighted by Gasteiger charge is 2.21. The Kier molecular flexibility index (Phi) is 4.06. The molecule has 0 unspecified atom stereocenters. The highest BCUT2D eigenvalue weighted by atomic mass is 35.5. The highest BCUT2D eigenvalue weighted by Crippen LogP contribution is 2.32. The Hall–Kier alpha value is -1.91. The zero-order valence-corrected chi connectivity index (χ0v) is 11.9. The maximum absolute atomic E-state index is 12.4. The Labute approximate surface area is 125 Å². The summed E-state index contributed by atoms with van der Waals surface area (Å²) in [4.78, 5) is 22.5. The number of hydrogen-bond acceptors (Lipinski definition) is 3. The van der Waals surface area contributed by atoms with Gasteiger partial charge in [0.1, 0.15) is 0 Å². The standard InChI is InChI=1S/C14H9Cl2NO3/c1-8-3-2-4-9(5-8)14(18)13-11(15)6-10(17(19)20)7-12(13)16/h2-7H,1H3. The minimum absolute atomic E-state index is 0.0318. The lowest BCUT2D eigenvalue weighted by Crippen LogP contribution is -2.04. The lowest BCUT2D eigenvalue weighted by Gasteiger charge is -2.07. The van der Waals surface area contributed by atoms with Crippen LogP contribution in [-0.4, -0.2) is 10.7 Å². The number of ketones is 1. The Balaban J connectivity index is 2.53. The molecule has 4 nitrogen and oxygen atoms in total. The van der Waals surface area contributed by atoms with Crippen molar-refractivity contribution < 1.29 is 9.72 Å². The van der Waals surface area contributed by atoms with E-state index in [1.807, 2.05) is 13.0 Å². The molecule has 0 fully saturated rings. The smallest absolute Gasteiger partial charge is 0.272 e. The predicted molar refractivity (Wildman–Crippen MR) is 77.7 cm³/mol. The van der Waals surface area contributed by atoms with Gasteiger partial charge in [-0.2, -0.15) is 0 Å². The Morgan fingerprint density at radius 2 is 1.75 bits per heavy atom. The van der Waals surface area contributed by atoms with Crippen LogP contribution in [0.2, 0.25) is 10.0 Å². The number of halogens is 2. The van der Waals surface area contributed by atoms with Gasteiger partial charge in [-0.1, -0.05) is 47.0 Å². The maximum atomic E-state index is 12.4. The summed E-state index contributed by atoms with van der Waals surface area (Å²) in [6.45, 7) is 1.86. The second-order valence-corrected chi connectivity index (χ2v) is 5.05. The molecule has 20 heavy (non-hydrogen) atoms. The molecular weight excluding hydrogens is 301 g/mol. The predicted octanol–water partition coefficient (Wildman–Crippen LogP) is 4.44. The Bertz CT molecular complexity index is 690. The first-order chi connectivity index (χ1) is 9.40. The fourth-order valence-electron chi connectivity index (χ4n) is 1.81. The van der Waals surface area contributed by atoms with Gasteiger partial charge >= 0.3 is 0 Å². The van der Waals surface area contributed by atoms with E-state index in [4.69, 9.17) is 23.2 Å². The molecule has 0 saturated carbocycles. The molecule has 0 atom stereocenters. The van der Waals surface area contributed by atoms with Gasteiger partial charge in [0.15, 0.2) is 5.78 Å². The first kappa shape index (κ1) is 14.5. The molecule has 0 aliphatic heterocycles. The van der Waals surface area contributed by atoms with Crippen molar-refractivity contribution in [3.05, 3.63) is 73.2 Å². The number of non-ortho nitro benzene ring substituents is 1. The molecule has 2 aromatic carbocycles. The highest BCUT2D eigenvalue weighted by molar-refractivity contribution is 6.41. The van der Waals surface area contributed by atoms with E-state index in [0.29, 0.717) is 5.56 Å². The lowest BCUT2D eigenvalue weighted by molar-refractivity contribution is -0.384. The number of nitro groups is 1. The van der Waals surface area contributed by atoms with E-state index in [1.54, 1.807) is 18.2 Å². The quantitative estimate of drug-likeness (QED) is 0.478. The molecule has 0 bridgehead atoms. The van der Waals surface area contributed by atoms with Crippen LogP contribution < -0.4 is 0 Å². The summed E-state index contributed by atoms with van der Waals surface area (Å²) < 4.78 is 0. The number of aryl methyl sites for hydroxylation is 1. The minimum atomic E-state index is -0.612. The van der Waals surface area contributed by atoms with Crippen molar-refractivity contribution in [2.24, 2.45) is 0 Å². The number of rotatable bonds is 3. The summed E-state index contributed by atoms with van der Waals surface area (Å²) in [5, 5.41) is 10.6. The Morgan fingerprint density at radius 1 is 1.15 bits per heavy atom. The summed E-state index contributed by atoms with van der Waals surface area (Å²) >= 11 is 11.9. The molecule has 0 aliphatic rings. The van der Waals surface area contributed by atoms with Gasteiger partial charge in [-0.3, -0.25) is 14.9 Å². The van der Waals surface area contributed by atoms with Crippen molar-refractivity contribution >= 4 is 34.7 Å². The minimum Gasteiger partial charge on any atom is -0.288 e. The van der Waals surface area contributed by atoms with Gasteiger partial charge in [0.25, 0.3) is 5.69 Å². The third-order valence-electron chi connectivity index (χ3n) is 2.75. The van der Waals surface area contributed by atoms with Crippen LogP contribution in [0.4, 0.5) is 5.69 Å². The normalized spacial score (nSPS) is 10.3. The van der Waals surface area contributed by atoms with Gasteiger partial charge in [0.2, 0.25) is 0 Å². The van der Waals surface area contributed by atoms with Crippen molar-refractivity contribution in [1.82, 2.24) is 0 Å². The van der Waals surface area contributed by atoms with Crippen molar-refractivity contribution in [3.63, 3.8) is 0 Å². The molecule has 0 aromatic heterocycles. The van der Waals surface area contributed by atoms with Crippen LogP contribution in [0.5, 0.6) is 0 Å². The summed E-state index contributed by atoms with van der Waals surface area (Å²) in [6, 6.07) is 9.19. The van der Waals surface area contributed by atoms with Crippen molar-refractivity contribution in [2.45, 2.75) is 6.92 Å². The van der Waals surface area contributed by atoms with E-state index in [2.05, 4.69) is 0 Å². The van der Waals surface area contributed by atoms with Crippen LogP contribution >= 0.6 is 23.2 Å². The van der Waals surface area contributed by atoms with Crippen molar-refractivity contribution in [3.8, 4) is 0 Å². The fraction of sp³-hybridized carbons (Fsp3) is 0.0714. The summed E-state index contributed by atoms with van der Waals surface area (Å²) in [6.07, 6.45) is 0. The van der Waals surface area contributed by atoms with Crippen LogP contribution in [0.1, 0.15) is 21.5 Å². The molecule has 0 radical (unpaired) electrons. The zero-order valence-electron chi connectivity index (χ0n) is 10.4. The van der Waals surface area contributed by atoms with E-state index >= 15 is 0 Å². The van der Waals surface area contributed by atoms with Crippen molar-refractivity contribution in [2.75, 3.05) is 0 Å². The molecule has 2 aromatic rings. The Morgan fingerprint density at radius 3 is 2.25 bits per heavy atom. The number of carbonyl (C=O) groups excluding carboxylic acids is 1. The number of hydrogen-bond donors (Lipinski definition) is 0. The summed E-state index contributed by atoms with van der Waals surface area (Å²) in [5.74, 6) is -0.362. The van der Waals surface area contributed by atoms with E-state index in [0.717, 1.165) is 17.7 Å². The topological polar surface area (TPSA) is 60.2 Å². The second kappa shape index (κ2) is 5.61. The second-order valence-electron chi connectivity index (χ2n) is 4.24.